The van der Waals surface area contributed by atoms with Gasteiger partial charge in [0.1, 0.15) is 12.2 Å². The number of fused-ring (bicyclic) bond motifs is 2. The molecule has 3 aromatic carbocycles. The lowest BCUT2D eigenvalue weighted by molar-refractivity contribution is -0.119. The summed E-state index contributed by atoms with van der Waals surface area (Å²) in [6.45, 7) is 1.84. The van der Waals surface area contributed by atoms with E-state index in [0.29, 0.717) is 38.7 Å². The standard InChI is InChI=1S/C31H22ClN7O2S/c1-19-25(30(41)39(36-19)23-10-6-3-7-11-23)24-17-42-31-35-28-26(27(38(24)31)21-12-14-22(32)15-13-21)29(40)37(18-33-28)34-16-20-8-4-2-5-9-20/h2-18,25,27H,1H3/b34-16+. The number of benzene rings is 3. The number of carbonyl (C=O) groups is 1. The van der Waals surface area contributed by atoms with Gasteiger partial charge in [0.05, 0.1) is 29.2 Å². The van der Waals surface area contributed by atoms with E-state index in [1.165, 1.54) is 27.8 Å². The number of hydrogen-bond acceptors (Lipinski definition) is 8. The Labute approximate surface area is 250 Å². The van der Waals surface area contributed by atoms with Gasteiger partial charge in [0.25, 0.3) is 11.5 Å². The van der Waals surface area contributed by atoms with E-state index in [4.69, 9.17) is 16.6 Å². The number of amidine groups is 1. The lowest BCUT2D eigenvalue weighted by Gasteiger charge is -2.36. The van der Waals surface area contributed by atoms with E-state index >= 15 is 0 Å². The van der Waals surface area contributed by atoms with Crippen molar-refractivity contribution < 1.29 is 4.79 Å². The first-order valence-corrected chi connectivity index (χ1v) is 14.4. The summed E-state index contributed by atoms with van der Waals surface area (Å²) >= 11 is 7.64. The van der Waals surface area contributed by atoms with Crippen LogP contribution in [0, 0.1) is 5.92 Å². The van der Waals surface area contributed by atoms with Gasteiger partial charge in [-0.2, -0.15) is 19.9 Å². The molecule has 0 bridgehead atoms. The predicted octanol–water partition coefficient (Wildman–Crippen LogP) is 5.80. The number of para-hydroxylation sites is 1. The van der Waals surface area contributed by atoms with Crippen LogP contribution in [-0.4, -0.2) is 37.6 Å². The fourth-order valence-corrected chi connectivity index (χ4v) is 6.32. The smallest absolute Gasteiger partial charge is 0.281 e. The van der Waals surface area contributed by atoms with Crippen LogP contribution in [0.15, 0.2) is 122 Å². The van der Waals surface area contributed by atoms with Crippen LogP contribution in [0.25, 0.3) is 0 Å². The molecular weight excluding hydrogens is 570 g/mol. The Morgan fingerprint density at radius 3 is 2.40 bits per heavy atom. The van der Waals surface area contributed by atoms with E-state index in [2.05, 4.69) is 15.2 Å². The van der Waals surface area contributed by atoms with Gasteiger partial charge in [-0.15, -0.1) is 0 Å². The third kappa shape index (κ3) is 4.45. The molecule has 1 amide bonds. The summed E-state index contributed by atoms with van der Waals surface area (Å²) in [7, 11) is 0. The molecule has 0 saturated carbocycles. The maximum atomic E-state index is 14.0. The van der Waals surface area contributed by atoms with Gasteiger partial charge < -0.3 is 4.90 Å². The number of amides is 1. The fraction of sp³-hybridized carbons (Fsp3) is 0.0968. The molecule has 42 heavy (non-hydrogen) atoms. The quantitative estimate of drug-likeness (QED) is 0.273. The zero-order chi connectivity index (χ0) is 28.8. The number of hydrazone groups is 1. The van der Waals surface area contributed by atoms with E-state index in [9.17, 15) is 9.59 Å². The molecule has 9 nitrogen and oxygen atoms in total. The number of aliphatic imine (C=N–C) groups is 1. The minimum absolute atomic E-state index is 0.177. The van der Waals surface area contributed by atoms with Gasteiger partial charge in [-0.1, -0.05) is 84.0 Å². The number of nitrogens with zero attached hydrogens (tertiary/aromatic N) is 7. The molecule has 0 fully saturated rings. The summed E-state index contributed by atoms with van der Waals surface area (Å²) < 4.78 is 1.21. The Bertz CT molecular complexity index is 1890. The Hall–Kier alpha value is -4.80. The van der Waals surface area contributed by atoms with Crippen molar-refractivity contribution in [3.63, 3.8) is 0 Å². The molecule has 1 aromatic heterocycles. The van der Waals surface area contributed by atoms with Crippen LogP contribution in [0.2, 0.25) is 5.02 Å². The highest BCUT2D eigenvalue weighted by Crippen LogP contribution is 2.47. The summed E-state index contributed by atoms with van der Waals surface area (Å²) in [5.41, 5.74) is 3.65. The van der Waals surface area contributed by atoms with Gasteiger partial charge in [0.15, 0.2) is 11.0 Å². The maximum absolute atomic E-state index is 14.0. The van der Waals surface area contributed by atoms with Crippen LogP contribution >= 0.6 is 23.4 Å². The van der Waals surface area contributed by atoms with Gasteiger partial charge >= 0.3 is 0 Å². The Balaban J connectivity index is 1.33. The summed E-state index contributed by atoms with van der Waals surface area (Å²) in [5.74, 6) is -0.520. The number of carbonyl (C=O) groups excluding carboxylic acids is 1. The normalized spacial score (nSPS) is 19.5. The van der Waals surface area contributed by atoms with Gasteiger partial charge in [-0.05, 0) is 47.7 Å². The third-order valence-electron chi connectivity index (χ3n) is 7.22. The van der Waals surface area contributed by atoms with E-state index in [1.54, 1.807) is 18.3 Å². The number of rotatable bonds is 5. The van der Waals surface area contributed by atoms with Crippen molar-refractivity contribution in [3.05, 3.63) is 134 Å². The molecule has 3 aliphatic heterocycles. The Morgan fingerprint density at radius 1 is 0.952 bits per heavy atom. The first-order chi connectivity index (χ1) is 20.5. The van der Waals surface area contributed by atoms with Gasteiger partial charge in [0.2, 0.25) is 0 Å². The van der Waals surface area contributed by atoms with Gasteiger partial charge in [-0.25, -0.2) is 9.98 Å². The van der Waals surface area contributed by atoms with Crippen LogP contribution in [0.3, 0.4) is 0 Å². The number of halogens is 1. The van der Waals surface area contributed by atoms with Crippen LogP contribution in [-0.2, 0) is 4.79 Å². The van der Waals surface area contributed by atoms with E-state index in [1.807, 2.05) is 90.0 Å². The van der Waals surface area contributed by atoms with Crippen LogP contribution < -0.4 is 10.6 Å². The molecule has 206 valence electrons. The highest BCUT2D eigenvalue weighted by molar-refractivity contribution is 8.16. The second-order valence-electron chi connectivity index (χ2n) is 9.83. The van der Waals surface area contributed by atoms with Crippen molar-refractivity contribution in [3.8, 4) is 0 Å². The van der Waals surface area contributed by atoms with E-state index in [-0.39, 0.29) is 11.5 Å². The van der Waals surface area contributed by atoms with Crippen molar-refractivity contribution in [2.75, 3.05) is 5.01 Å². The van der Waals surface area contributed by atoms with E-state index in [0.717, 1.165) is 11.1 Å². The molecular formula is C31H22ClN7O2S. The molecule has 0 saturated heterocycles. The average molecular weight is 592 g/mol. The number of aromatic nitrogens is 2. The van der Waals surface area contributed by atoms with Crippen LogP contribution in [0.5, 0.6) is 0 Å². The minimum atomic E-state index is -0.656. The van der Waals surface area contributed by atoms with Crippen molar-refractivity contribution in [2.45, 2.75) is 13.0 Å². The molecule has 2 atom stereocenters. The predicted molar refractivity (Wildman–Crippen MR) is 166 cm³/mol. The summed E-state index contributed by atoms with van der Waals surface area (Å²) in [6, 6.07) is 25.5. The summed E-state index contributed by atoms with van der Waals surface area (Å²) in [5, 5.41) is 13.5. The van der Waals surface area contributed by atoms with E-state index < -0.39 is 12.0 Å². The largest absolute Gasteiger partial charge is 0.311 e. The topological polar surface area (TPSA) is 95.5 Å². The number of anilines is 1. The lowest BCUT2D eigenvalue weighted by atomic mass is 9.93. The molecule has 2 unspecified atom stereocenters. The molecule has 4 heterocycles. The molecule has 0 radical (unpaired) electrons. The zero-order valence-corrected chi connectivity index (χ0v) is 23.8. The number of hydrogen-bond donors (Lipinski definition) is 0. The summed E-state index contributed by atoms with van der Waals surface area (Å²) in [4.78, 5) is 39.1. The highest BCUT2D eigenvalue weighted by Gasteiger charge is 2.47. The van der Waals surface area contributed by atoms with Crippen molar-refractivity contribution in [1.29, 1.82) is 0 Å². The number of thioether (sulfide) groups is 1. The molecule has 0 aliphatic carbocycles. The maximum Gasteiger partial charge on any atom is 0.281 e. The Morgan fingerprint density at radius 2 is 1.67 bits per heavy atom. The fourth-order valence-electron chi connectivity index (χ4n) is 5.25. The van der Waals surface area contributed by atoms with Gasteiger partial charge in [0, 0.05) is 10.7 Å². The third-order valence-corrected chi connectivity index (χ3v) is 8.33. The second kappa shape index (κ2) is 10.6. The molecule has 7 rings (SSSR count). The summed E-state index contributed by atoms with van der Waals surface area (Å²) in [6.07, 6.45) is 2.98. The molecule has 3 aliphatic rings. The molecule has 11 heteroatoms. The van der Waals surface area contributed by atoms with Crippen molar-refractivity contribution >= 4 is 57.9 Å². The minimum Gasteiger partial charge on any atom is -0.311 e. The van der Waals surface area contributed by atoms with Crippen molar-refractivity contribution in [1.82, 2.24) is 14.6 Å². The molecule has 0 spiro atoms. The molecule has 4 aromatic rings. The second-order valence-corrected chi connectivity index (χ2v) is 11.1. The molecule has 0 N–H and O–H groups in total. The SMILES string of the molecule is CC1=NN(c2ccccc2)C(=O)C1C1=CSC2=Nc3ncn(/N=C/c4ccccc4)c(=O)c3C(c3ccc(Cl)cc3)N12. The van der Waals surface area contributed by atoms with Crippen LogP contribution in [0.4, 0.5) is 11.5 Å². The van der Waals surface area contributed by atoms with Crippen LogP contribution in [0.1, 0.15) is 29.7 Å². The van der Waals surface area contributed by atoms with Gasteiger partial charge in [-0.3, -0.25) is 9.59 Å². The average Bonchev–Trinajstić information content (AvgIpc) is 3.56. The first kappa shape index (κ1) is 26.1. The first-order valence-electron chi connectivity index (χ1n) is 13.1. The monoisotopic (exact) mass is 591 g/mol. The Kier molecular flexibility index (Phi) is 6.56. The van der Waals surface area contributed by atoms with Crippen molar-refractivity contribution in [2.24, 2.45) is 21.1 Å². The highest BCUT2D eigenvalue weighted by atomic mass is 35.5. The zero-order valence-electron chi connectivity index (χ0n) is 22.2. The lowest BCUT2D eigenvalue weighted by Crippen LogP contribution is -2.42.